The monoisotopic (exact) mass is 308 g/mol. The van der Waals surface area contributed by atoms with Gasteiger partial charge in [0.15, 0.2) is 6.29 Å². The lowest BCUT2D eigenvalue weighted by Crippen LogP contribution is -2.06. The molecule has 84 valence electrons. The summed E-state index contributed by atoms with van der Waals surface area (Å²) in [7, 11) is 0. The predicted octanol–water partition coefficient (Wildman–Crippen LogP) is 4.50. The Bertz CT molecular complexity index is 559. The molecule has 0 aliphatic rings. The highest BCUT2D eigenvalue weighted by molar-refractivity contribution is 9.10. The first kappa shape index (κ1) is 11.6. The van der Waals surface area contributed by atoms with Crippen LogP contribution in [0.25, 0.3) is 10.1 Å². The molecule has 2 rings (SSSR count). The van der Waals surface area contributed by atoms with Crippen molar-refractivity contribution in [1.29, 1.82) is 0 Å². The van der Waals surface area contributed by atoms with Gasteiger partial charge in [-0.3, -0.25) is 4.79 Å². The molecule has 0 saturated heterocycles. The van der Waals surface area contributed by atoms with Gasteiger partial charge in [-0.15, -0.1) is 11.3 Å². The maximum absolute atomic E-state index is 12.8. The highest BCUT2D eigenvalue weighted by Gasteiger charge is 2.37. The van der Waals surface area contributed by atoms with Gasteiger partial charge >= 0.3 is 6.18 Å². The Morgan fingerprint density at radius 2 is 2.00 bits per heavy atom. The summed E-state index contributed by atoms with van der Waals surface area (Å²) in [4.78, 5) is 10.4. The molecule has 1 nitrogen and oxygen atoms in total. The topological polar surface area (TPSA) is 17.1 Å². The lowest BCUT2D eigenvalue weighted by molar-refractivity contribution is -0.136. The molecule has 0 aliphatic carbocycles. The number of carbonyl (C=O) groups excluding carboxylic acids is 1. The van der Waals surface area contributed by atoms with Crippen molar-refractivity contribution in [1.82, 2.24) is 0 Å². The third-order valence-corrected chi connectivity index (χ3v) is 3.82. The quantitative estimate of drug-likeness (QED) is 0.709. The second kappa shape index (κ2) is 3.85. The smallest absolute Gasteiger partial charge is 0.297 e. The van der Waals surface area contributed by atoms with Gasteiger partial charge in [-0.2, -0.15) is 13.2 Å². The van der Waals surface area contributed by atoms with Crippen molar-refractivity contribution in [3.63, 3.8) is 0 Å². The molecule has 1 heterocycles. The SMILES string of the molecule is O=Cc1sc2cccc(Br)c2c1C(F)(F)F. The standard InChI is InChI=1S/C10H4BrF3OS/c11-5-2-1-3-6-8(5)9(10(12,13)14)7(4-15)16-6/h1-4H. The Labute approximate surface area is 101 Å². The summed E-state index contributed by atoms with van der Waals surface area (Å²) in [5.74, 6) is 0. The highest BCUT2D eigenvalue weighted by Crippen LogP contribution is 2.44. The summed E-state index contributed by atoms with van der Waals surface area (Å²) in [6, 6.07) is 4.73. The molecule has 6 heteroatoms. The van der Waals surface area contributed by atoms with Gasteiger partial charge in [0.25, 0.3) is 0 Å². The number of carbonyl (C=O) groups is 1. The minimum Gasteiger partial charge on any atom is -0.297 e. The predicted molar refractivity (Wildman–Crippen MR) is 59.9 cm³/mol. The summed E-state index contributed by atoms with van der Waals surface area (Å²) in [6.45, 7) is 0. The van der Waals surface area contributed by atoms with Gasteiger partial charge in [-0.25, -0.2) is 0 Å². The van der Waals surface area contributed by atoms with Crippen LogP contribution in [0.15, 0.2) is 22.7 Å². The van der Waals surface area contributed by atoms with E-state index in [2.05, 4.69) is 15.9 Å². The van der Waals surface area contributed by atoms with E-state index < -0.39 is 11.7 Å². The van der Waals surface area contributed by atoms with Crippen LogP contribution in [0.1, 0.15) is 15.2 Å². The van der Waals surface area contributed by atoms with Crippen molar-refractivity contribution in [2.24, 2.45) is 0 Å². The summed E-state index contributed by atoms with van der Waals surface area (Å²) in [6.07, 6.45) is -4.27. The number of benzene rings is 1. The Balaban J connectivity index is 2.92. The second-order valence-electron chi connectivity index (χ2n) is 3.07. The van der Waals surface area contributed by atoms with Crippen LogP contribution >= 0.6 is 27.3 Å². The van der Waals surface area contributed by atoms with Gasteiger partial charge < -0.3 is 0 Å². The number of alkyl halides is 3. The van der Waals surface area contributed by atoms with Crippen molar-refractivity contribution >= 4 is 43.6 Å². The van der Waals surface area contributed by atoms with Gasteiger partial charge in [0.1, 0.15) is 0 Å². The molecular formula is C10H4BrF3OS. The zero-order valence-electron chi connectivity index (χ0n) is 7.64. The zero-order valence-corrected chi connectivity index (χ0v) is 10.0. The molecule has 0 radical (unpaired) electrons. The van der Waals surface area contributed by atoms with Crippen LogP contribution in [0.3, 0.4) is 0 Å². The van der Waals surface area contributed by atoms with Crippen LogP contribution in [-0.2, 0) is 6.18 Å². The highest BCUT2D eigenvalue weighted by atomic mass is 79.9. The molecule has 0 aliphatic heterocycles. The molecule has 1 aromatic heterocycles. The molecule has 0 amide bonds. The van der Waals surface area contributed by atoms with E-state index in [1.54, 1.807) is 12.1 Å². The Kier molecular flexibility index (Phi) is 2.79. The minimum atomic E-state index is -4.52. The van der Waals surface area contributed by atoms with Gasteiger partial charge in [0.2, 0.25) is 0 Å². The number of fused-ring (bicyclic) bond motifs is 1. The third-order valence-electron chi connectivity index (χ3n) is 2.08. The van der Waals surface area contributed by atoms with E-state index in [1.165, 1.54) is 6.07 Å². The lowest BCUT2D eigenvalue weighted by atomic mass is 10.1. The van der Waals surface area contributed by atoms with Crippen LogP contribution in [-0.4, -0.2) is 6.29 Å². The van der Waals surface area contributed by atoms with E-state index in [9.17, 15) is 18.0 Å². The van der Waals surface area contributed by atoms with E-state index in [-0.39, 0.29) is 16.5 Å². The molecule has 0 fully saturated rings. The van der Waals surface area contributed by atoms with Gasteiger partial charge in [0.05, 0.1) is 10.4 Å². The van der Waals surface area contributed by atoms with Crippen LogP contribution in [0.2, 0.25) is 0 Å². The van der Waals surface area contributed by atoms with Crippen molar-refractivity contribution < 1.29 is 18.0 Å². The molecule has 0 atom stereocenters. The van der Waals surface area contributed by atoms with E-state index in [0.717, 1.165) is 11.3 Å². The number of rotatable bonds is 1. The second-order valence-corrected chi connectivity index (χ2v) is 5.01. The Hall–Kier alpha value is -0.880. The Morgan fingerprint density at radius 3 is 2.56 bits per heavy atom. The third kappa shape index (κ3) is 1.76. The summed E-state index contributed by atoms with van der Waals surface area (Å²) in [5.41, 5.74) is -0.852. The maximum atomic E-state index is 12.8. The molecule has 1 aromatic carbocycles. The number of hydrogen-bond donors (Lipinski definition) is 0. The number of aldehydes is 1. The van der Waals surface area contributed by atoms with Crippen molar-refractivity contribution in [2.45, 2.75) is 6.18 Å². The maximum Gasteiger partial charge on any atom is 0.418 e. The first-order chi connectivity index (χ1) is 7.45. The largest absolute Gasteiger partial charge is 0.418 e. The molecule has 0 saturated carbocycles. The molecule has 0 bridgehead atoms. The normalized spacial score (nSPS) is 12.0. The number of thiophene rings is 1. The fourth-order valence-corrected chi connectivity index (χ4v) is 3.25. The van der Waals surface area contributed by atoms with Crippen LogP contribution in [0.5, 0.6) is 0 Å². The Morgan fingerprint density at radius 1 is 1.31 bits per heavy atom. The number of hydrogen-bond acceptors (Lipinski definition) is 2. The van der Waals surface area contributed by atoms with Crippen LogP contribution < -0.4 is 0 Å². The van der Waals surface area contributed by atoms with Crippen molar-refractivity contribution in [3.8, 4) is 0 Å². The zero-order chi connectivity index (χ0) is 11.9. The van der Waals surface area contributed by atoms with Gasteiger partial charge in [-0.05, 0) is 12.1 Å². The fraction of sp³-hybridized carbons (Fsp3) is 0.100. The van der Waals surface area contributed by atoms with Gasteiger partial charge in [-0.1, -0.05) is 22.0 Å². The van der Waals surface area contributed by atoms with Crippen LogP contribution in [0, 0.1) is 0 Å². The summed E-state index contributed by atoms with van der Waals surface area (Å²) in [5, 5.41) is 0.0575. The lowest BCUT2D eigenvalue weighted by Gasteiger charge is -2.06. The molecule has 0 N–H and O–H groups in total. The van der Waals surface area contributed by atoms with E-state index in [4.69, 9.17) is 0 Å². The molecular weight excluding hydrogens is 305 g/mol. The summed E-state index contributed by atoms with van der Waals surface area (Å²) >= 11 is 3.92. The van der Waals surface area contributed by atoms with E-state index in [1.807, 2.05) is 0 Å². The summed E-state index contributed by atoms with van der Waals surface area (Å²) < 4.78 is 39.2. The molecule has 2 aromatic rings. The van der Waals surface area contributed by atoms with E-state index >= 15 is 0 Å². The average Bonchev–Trinajstić information content (AvgIpc) is 2.57. The average molecular weight is 309 g/mol. The minimum absolute atomic E-state index is 0.0575. The molecule has 16 heavy (non-hydrogen) atoms. The van der Waals surface area contributed by atoms with E-state index in [0.29, 0.717) is 9.17 Å². The van der Waals surface area contributed by atoms with Crippen LogP contribution in [0.4, 0.5) is 13.2 Å². The first-order valence-corrected chi connectivity index (χ1v) is 5.79. The molecule has 0 unspecified atom stereocenters. The van der Waals surface area contributed by atoms with Crippen molar-refractivity contribution in [2.75, 3.05) is 0 Å². The first-order valence-electron chi connectivity index (χ1n) is 4.18. The molecule has 0 spiro atoms. The fourth-order valence-electron chi connectivity index (χ4n) is 1.49. The van der Waals surface area contributed by atoms with Crippen molar-refractivity contribution in [3.05, 3.63) is 33.1 Å². The number of halogens is 4. The van der Waals surface area contributed by atoms with Gasteiger partial charge in [0, 0.05) is 14.6 Å².